The molecule has 0 bridgehead atoms. The first kappa shape index (κ1) is 19.9. The van der Waals surface area contributed by atoms with Gasteiger partial charge in [0.25, 0.3) is 5.91 Å². The Morgan fingerprint density at radius 2 is 2.13 bits per heavy atom. The molecule has 0 aromatic carbocycles. The van der Waals surface area contributed by atoms with E-state index in [9.17, 15) is 4.79 Å². The standard InChI is InChI=1S/C16H28N4O2.ClH/c1-12(2)14-13(9-20(3)19-14)15(21)18-10-16(11-22-4)5-7-17-8-6-16;/h9,12,17H,5-8,10-11H2,1-4H3,(H,18,21);1H. The third-order valence-corrected chi connectivity index (χ3v) is 4.39. The van der Waals surface area contributed by atoms with Crippen molar-refractivity contribution in [2.24, 2.45) is 12.5 Å². The Balaban J connectivity index is 0.00000264. The lowest BCUT2D eigenvalue weighted by Gasteiger charge is -2.37. The average molecular weight is 345 g/mol. The molecular formula is C16H29ClN4O2. The number of amides is 1. The summed E-state index contributed by atoms with van der Waals surface area (Å²) >= 11 is 0. The van der Waals surface area contributed by atoms with Crippen molar-refractivity contribution >= 4 is 18.3 Å². The summed E-state index contributed by atoms with van der Waals surface area (Å²) < 4.78 is 7.10. The van der Waals surface area contributed by atoms with E-state index in [2.05, 4.69) is 29.6 Å². The zero-order chi connectivity index (χ0) is 16.2. The Morgan fingerprint density at radius 3 is 2.70 bits per heavy atom. The maximum atomic E-state index is 12.6. The Labute approximate surface area is 144 Å². The van der Waals surface area contributed by atoms with Crippen molar-refractivity contribution in [3.63, 3.8) is 0 Å². The minimum atomic E-state index is -0.0363. The van der Waals surface area contributed by atoms with Gasteiger partial charge >= 0.3 is 0 Å². The van der Waals surface area contributed by atoms with Crippen molar-refractivity contribution in [2.75, 3.05) is 33.4 Å². The summed E-state index contributed by atoms with van der Waals surface area (Å²) in [5, 5.41) is 10.9. The lowest BCUT2D eigenvalue weighted by atomic mass is 9.79. The van der Waals surface area contributed by atoms with Gasteiger partial charge in [0.15, 0.2) is 0 Å². The van der Waals surface area contributed by atoms with Crippen LogP contribution >= 0.6 is 12.4 Å². The van der Waals surface area contributed by atoms with Crippen molar-refractivity contribution in [1.82, 2.24) is 20.4 Å². The summed E-state index contributed by atoms with van der Waals surface area (Å²) in [6, 6.07) is 0. The van der Waals surface area contributed by atoms with E-state index >= 15 is 0 Å². The third-order valence-electron chi connectivity index (χ3n) is 4.39. The molecule has 23 heavy (non-hydrogen) atoms. The van der Waals surface area contributed by atoms with Crippen molar-refractivity contribution in [2.45, 2.75) is 32.6 Å². The Kier molecular flexibility index (Phi) is 7.51. The highest BCUT2D eigenvalue weighted by Gasteiger charge is 2.33. The molecule has 7 heteroatoms. The first-order valence-electron chi connectivity index (χ1n) is 7.99. The fourth-order valence-corrected chi connectivity index (χ4v) is 3.11. The van der Waals surface area contributed by atoms with Gasteiger partial charge < -0.3 is 15.4 Å². The van der Waals surface area contributed by atoms with Gasteiger partial charge in [-0.2, -0.15) is 5.10 Å². The highest BCUT2D eigenvalue weighted by atomic mass is 35.5. The number of carbonyl (C=O) groups excluding carboxylic acids is 1. The molecule has 6 nitrogen and oxygen atoms in total. The first-order valence-corrected chi connectivity index (χ1v) is 7.99. The quantitative estimate of drug-likeness (QED) is 0.824. The van der Waals surface area contributed by atoms with E-state index in [4.69, 9.17) is 4.74 Å². The van der Waals surface area contributed by atoms with Crippen LogP contribution in [0.3, 0.4) is 0 Å². The molecule has 0 radical (unpaired) electrons. The van der Waals surface area contributed by atoms with Crippen LogP contribution in [0.15, 0.2) is 6.20 Å². The summed E-state index contributed by atoms with van der Waals surface area (Å²) in [6.45, 7) is 7.39. The van der Waals surface area contributed by atoms with E-state index in [1.54, 1.807) is 18.0 Å². The molecule has 0 spiro atoms. The number of carbonyl (C=O) groups is 1. The number of aromatic nitrogens is 2. The van der Waals surface area contributed by atoms with Gasteiger partial charge in [0, 0.05) is 32.3 Å². The number of rotatable bonds is 6. The van der Waals surface area contributed by atoms with Crippen LogP contribution in [0.25, 0.3) is 0 Å². The molecule has 1 fully saturated rings. The molecule has 0 aliphatic carbocycles. The van der Waals surface area contributed by atoms with Crippen LogP contribution in [-0.4, -0.2) is 49.0 Å². The molecule has 132 valence electrons. The number of nitrogens with zero attached hydrogens (tertiary/aromatic N) is 2. The molecule has 1 aliphatic heterocycles. The number of hydrogen-bond donors (Lipinski definition) is 2. The van der Waals surface area contributed by atoms with E-state index in [1.807, 2.05) is 7.05 Å². The van der Waals surface area contributed by atoms with Crippen LogP contribution in [0.5, 0.6) is 0 Å². The van der Waals surface area contributed by atoms with Gasteiger partial charge in [0.05, 0.1) is 17.9 Å². The first-order chi connectivity index (χ1) is 10.5. The predicted molar refractivity (Wildman–Crippen MR) is 93.3 cm³/mol. The lowest BCUT2D eigenvalue weighted by molar-refractivity contribution is 0.0511. The van der Waals surface area contributed by atoms with Gasteiger partial charge in [-0.1, -0.05) is 13.8 Å². The number of nitrogens with one attached hydrogen (secondary N) is 2. The van der Waals surface area contributed by atoms with Crippen LogP contribution < -0.4 is 10.6 Å². The van der Waals surface area contributed by atoms with Crippen LogP contribution in [0, 0.1) is 5.41 Å². The highest BCUT2D eigenvalue weighted by molar-refractivity contribution is 5.95. The van der Waals surface area contributed by atoms with E-state index in [0.29, 0.717) is 18.7 Å². The maximum absolute atomic E-state index is 12.6. The number of halogens is 1. The lowest BCUT2D eigenvalue weighted by Crippen LogP contribution is -2.47. The van der Waals surface area contributed by atoms with E-state index in [0.717, 1.165) is 31.6 Å². The van der Waals surface area contributed by atoms with Crippen molar-refractivity contribution < 1.29 is 9.53 Å². The third kappa shape index (κ3) is 4.93. The smallest absolute Gasteiger partial charge is 0.254 e. The van der Waals surface area contributed by atoms with Gasteiger partial charge in [-0.25, -0.2) is 0 Å². The van der Waals surface area contributed by atoms with Gasteiger partial charge in [-0.05, 0) is 31.8 Å². The molecule has 1 saturated heterocycles. The number of methoxy groups -OCH3 is 1. The number of piperidine rings is 1. The monoisotopic (exact) mass is 344 g/mol. The second-order valence-corrected chi connectivity index (χ2v) is 6.62. The van der Waals surface area contributed by atoms with Crippen LogP contribution in [0.4, 0.5) is 0 Å². The van der Waals surface area contributed by atoms with Crippen LogP contribution in [0.2, 0.25) is 0 Å². The van der Waals surface area contributed by atoms with E-state index < -0.39 is 0 Å². The minimum absolute atomic E-state index is 0. The molecule has 0 atom stereocenters. The second-order valence-electron chi connectivity index (χ2n) is 6.62. The fraction of sp³-hybridized carbons (Fsp3) is 0.750. The molecule has 0 saturated carbocycles. The van der Waals surface area contributed by atoms with E-state index in [1.165, 1.54) is 0 Å². The number of hydrogen-bond acceptors (Lipinski definition) is 4. The van der Waals surface area contributed by atoms with Crippen molar-refractivity contribution in [1.29, 1.82) is 0 Å². The highest BCUT2D eigenvalue weighted by Crippen LogP contribution is 2.28. The second kappa shape index (κ2) is 8.66. The molecule has 2 heterocycles. The average Bonchev–Trinajstić information content (AvgIpc) is 2.89. The summed E-state index contributed by atoms with van der Waals surface area (Å²) in [5.74, 6) is 0.194. The van der Waals surface area contributed by atoms with Gasteiger partial charge in [0.2, 0.25) is 0 Å². The van der Waals surface area contributed by atoms with Crippen LogP contribution in [-0.2, 0) is 11.8 Å². The molecule has 1 aromatic rings. The van der Waals surface area contributed by atoms with Crippen molar-refractivity contribution in [3.05, 3.63) is 17.5 Å². The zero-order valence-electron chi connectivity index (χ0n) is 14.5. The van der Waals surface area contributed by atoms with E-state index in [-0.39, 0.29) is 29.6 Å². The normalized spacial score (nSPS) is 16.9. The Hall–Kier alpha value is -1.11. The topological polar surface area (TPSA) is 68.2 Å². The maximum Gasteiger partial charge on any atom is 0.254 e. The summed E-state index contributed by atoms with van der Waals surface area (Å²) in [7, 11) is 3.57. The Bertz CT molecular complexity index is 505. The van der Waals surface area contributed by atoms with Gasteiger partial charge in [0.1, 0.15) is 0 Å². The van der Waals surface area contributed by atoms with Gasteiger partial charge in [-0.3, -0.25) is 9.48 Å². The predicted octanol–water partition coefficient (Wildman–Crippen LogP) is 1.71. The molecular weight excluding hydrogens is 316 g/mol. The zero-order valence-corrected chi connectivity index (χ0v) is 15.3. The number of ether oxygens (including phenoxy) is 1. The summed E-state index contributed by atoms with van der Waals surface area (Å²) in [5.41, 5.74) is 1.57. The van der Waals surface area contributed by atoms with Crippen LogP contribution in [0.1, 0.15) is 48.7 Å². The minimum Gasteiger partial charge on any atom is -0.384 e. The molecule has 1 aliphatic rings. The molecule has 2 N–H and O–H groups in total. The number of aryl methyl sites for hydroxylation is 1. The molecule has 2 rings (SSSR count). The molecule has 0 unspecified atom stereocenters. The fourth-order valence-electron chi connectivity index (χ4n) is 3.11. The van der Waals surface area contributed by atoms with Crippen molar-refractivity contribution in [3.8, 4) is 0 Å². The SMILES string of the molecule is COCC1(CNC(=O)c2cn(C)nc2C(C)C)CCNCC1.Cl. The molecule has 1 amide bonds. The summed E-state index contributed by atoms with van der Waals surface area (Å²) in [6.07, 6.45) is 3.84. The van der Waals surface area contributed by atoms with Gasteiger partial charge in [-0.15, -0.1) is 12.4 Å². The Morgan fingerprint density at radius 1 is 1.48 bits per heavy atom. The summed E-state index contributed by atoms with van der Waals surface area (Å²) in [4.78, 5) is 12.6. The largest absolute Gasteiger partial charge is 0.384 e. The molecule has 1 aromatic heterocycles.